The summed E-state index contributed by atoms with van der Waals surface area (Å²) >= 11 is 0. The first-order valence-corrected chi connectivity index (χ1v) is 27.8. The molecule has 0 spiro atoms. The molecule has 81 heavy (non-hydrogen) atoms. The summed E-state index contributed by atoms with van der Waals surface area (Å²) in [5.41, 5.74) is 16.1. The van der Waals surface area contributed by atoms with Crippen LogP contribution in [0.3, 0.4) is 0 Å². The van der Waals surface area contributed by atoms with Crippen molar-refractivity contribution in [3.05, 3.63) is 307 Å². The van der Waals surface area contributed by atoms with E-state index in [0.29, 0.717) is 17.6 Å². The van der Waals surface area contributed by atoms with Gasteiger partial charge in [0, 0.05) is 38.4 Å². The van der Waals surface area contributed by atoms with Crippen molar-refractivity contribution < 1.29 is 0 Å². The standard InChI is InChI=1S/C76H47N5/c1-4-20-49(21-5-1)73-77-74(51-39-43-61-60-30-14-17-33-67(60)76(68(61)47-51,52-22-6-2-7-23-52)53-24-8-3-9-25-53)79-75(78-73)81-70-35-19-16-32-63(70)65-45-44-64-62-31-15-18-34-69(62)80(71(64)72(65)81)54-40-36-48(37-41-54)50-38-42-59-57-28-11-10-26-55(57)56-27-12-13-29-58(56)66(59)46-50/h1-47H. The highest BCUT2D eigenvalue weighted by Crippen LogP contribution is 2.57. The molecule has 5 heteroatoms. The number of benzene rings is 13. The third-order valence-corrected chi connectivity index (χ3v) is 17.2. The van der Waals surface area contributed by atoms with E-state index in [-0.39, 0.29) is 0 Å². The van der Waals surface area contributed by atoms with Gasteiger partial charge in [-0.2, -0.15) is 9.97 Å². The second kappa shape index (κ2) is 17.6. The van der Waals surface area contributed by atoms with Crippen molar-refractivity contribution >= 4 is 75.9 Å². The molecular weight excluding hydrogens is 983 g/mol. The van der Waals surface area contributed by atoms with Gasteiger partial charge in [0.1, 0.15) is 0 Å². The maximum atomic E-state index is 5.64. The van der Waals surface area contributed by atoms with Crippen LogP contribution in [0.4, 0.5) is 0 Å². The molecule has 0 N–H and O–H groups in total. The lowest BCUT2D eigenvalue weighted by Gasteiger charge is -2.34. The molecule has 16 aromatic rings. The van der Waals surface area contributed by atoms with Crippen LogP contribution in [0.25, 0.3) is 133 Å². The van der Waals surface area contributed by atoms with Crippen LogP contribution < -0.4 is 0 Å². The minimum absolute atomic E-state index is 0.544. The van der Waals surface area contributed by atoms with Gasteiger partial charge in [0.15, 0.2) is 11.6 Å². The molecule has 13 aromatic carbocycles. The fraction of sp³-hybridized carbons (Fsp3) is 0.0132. The molecule has 376 valence electrons. The van der Waals surface area contributed by atoms with Crippen LogP contribution in [0.5, 0.6) is 0 Å². The predicted octanol–water partition coefficient (Wildman–Crippen LogP) is 18.9. The Kier molecular flexibility index (Phi) is 9.86. The van der Waals surface area contributed by atoms with Crippen LogP contribution in [-0.2, 0) is 5.41 Å². The Hall–Kier alpha value is -10.8. The van der Waals surface area contributed by atoms with Crippen molar-refractivity contribution in [1.82, 2.24) is 24.1 Å². The van der Waals surface area contributed by atoms with Crippen molar-refractivity contribution in [3.8, 4) is 56.7 Å². The van der Waals surface area contributed by atoms with Crippen LogP contribution in [0.1, 0.15) is 22.3 Å². The molecule has 0 saturated carbocycles. The number of fused-ring (bicyclic) bond motifs is 16. The molecular formula is C76H47N5. The maximum absolute atomic E-state index is 5.64. The predicted molar refractivity (Wildman–Crippen MR) is 335 cm³/mol. The molecule has 0 saturated heterocycles. The SMILES string of the molecule is c1ccc(-c2nc(-c3ccc4c(c3)C(c3ccccc3)(c3ccccc3)c3ccccc3-4)nc(-n3c4ccccc4c4ccc5c6ccccc6n(-c6ccc(-c7ccc8c9ccccc9c9ccccc9c8c7)cc6)c5c43)n2)cc1. The molecule has 0 bridgehead atoms. The molecule has 0 fully saturated rings. The Bertz CT molecular complexity index is 5140. The van der Waals surface area contributed by atoms with Gasteiger partial charge < -0.3 is 4.57 Å². The fourth-order valence-corrected chi connectivity index (χ4v) is 13.8. The second-order valence-electron chi connectivity index (χ2n) is 21.4. The summed E-state index contributed by atoms with van der Waals surface area (Å²) in [6.07, 6.45) is 0. The van der Waals surface area contributed by atoms with Crippen LogP contribution in [-0.4, -0.2) is 24.1 Å². The molecule has 1 aliphatic carbocycles. The lowest BCUT2D eigenvalue weighted by atomic mass is 9.67. The van der Waals surface area contributed by atoms with Gasteiger partial charge in [0.2, 0.25) is 5.95 Å². The summed E-state index contributed by atoms with van der Waals surface area (Å²) in [7, 11) is 0. The zero-order valence-corrected chi connectivity index (χ0v) is 43.9. The zero-order valence-electron chi connectivity index (χ0n) is 43.9. The highest BCUT2D eigenvalue weighted by molar-refractivity contribution is 6.26. The van der Waals surface area contributed by atoms with Gasteiger partial charge in [-0.1, -0.05) is 249 Å². The van der Waals surface area contributed by atoms with Crippen LogP contribution in [0, 0.1) is 0 Å². The average Bonchev–Trinajstić information content (AvgIpc) is 3.53. The third kappa shape index (κ3) is 6.64. The van der Waals surface area contributed by atoms with E-state index in [1.54, 1.807) is 0 Å². The van der Waals surface area contributed by atoms with Gasteiger partial charge in [-0.05, 0) is 113 Å². The van der Waals surface area contributed by atoms with Crippen LogP contribution in [0.15, 0.2) is 285 Å². The Balaban J connectivity index is 0.890. The molecule has 5 nitrogen and oxygen atoms in total. The van der Waals surface area contributed by atoms with E-state index in [4.69, 9.17) is 15.0 Å². The quantitative estimate of drug-likeness (QED) is 0.149. The first-order valence-electron chi connectivity index (χ1n) is 27.8. The Morgan fingerprint density at radius 3 is 1.33 bits per heavy atom. The van der Waals surface area contributed by atoms with Gasteiger partial charge in [-0.25, -0.2) is 4.98 Å². The van der Waals surface area contributed by atoms with Gasteiger partial charge in [-0.3, -0.25) is 4.57 Å². The molecule has 0 radical (unpaired) electrons. The van der Waals surface area contributed by atoms with E-state index < -0.39 is 5.41 Å². The lowest BCUT2D eigenvalue weighted by molar-refractivity contribution is 0.768. The number of para-hydroxylation sites is 2. The normalized spacial score (nSPS) is 12.8. The van der Waals surface area contributed by atoms with E-state index in [1.807, 2.05) is 6.07 Å². The highest BCUT2D eigenvalue weighted by atomic mass is 15.2. The molecule has 0 aliphatic heterocycles. The largest absolute Gasteiger partial charge is 0.307 e. The second-order valence-corrected chi connectivity index (χ2v) is 21.4. The van der Waals surface area contributed by atoms with E-state index >= 15 is 0 Å². The maximum Gasteiger partial charge on any atom is 0.238 e. The van der Waals surface area contributed by atoms with Crippen LogP contribution >= 0.6 is 0 Å². The summed E-state index contributed by atoms with van der Waals surface area (Å²) in [6, 6.07) is 104. The van der Waals surface area contributed by atoms with E-state index in [0.717, 1.165) is 60.6 Å². The van der Waals surface area contributed by atoms with Gasteiger partial charge in [0.05, 0.1) is 27.5 Å². The minimum Gasteiger partial charge on any atom is -0.307 e. The smallest absolute Gasteiger partial charge is 0.238 e. The summed E-state index contributed by atoms with van der Waals surface area (Å²) in [5.74, 6) is 1.74. The molecule has 3 aromatic heterocycles. The van der Waals surface area contributed by atoms with Gasteiger partial charge in [-0.15, -0.1) is 0 Å². The topological polar surface area (TPSA) is 48.5 Å². The number of hydrogen-bond donors (Lipinski definition) is 0. The van der Waals surface area contributed by atoms with Crippen molar-refractivity contribution in [1.29, 1.82) is 0 Å². The first kappa shape index (κ1) is 45.3. The lowest BCUT2D eigenvalue weighted by Crippen LogP contribution is -2.28. The number of rotatable bonds is 7. The van der Waals surface area contributed by atoms with E-state index in [2.05, 4.69) is 288 Å². The van der Waals surface area contributed by atoms with Gasteiger partial charge >= 0.3 is 0 Å². The number of aromatic nitrogens is 5. The Morgan fingerprint density at radius 1 is 0.259 bits per heavy atom. The summed E-state index contributed by atoms with van der Waals surface area (Å²) in [4.78, 5) is 16.5. The Labute approximate surface area is 467 Å². The first-order chi connectivity index (χ1) is 40.2. The van der Waals surface area contributed by atoms with Crippen molar-refractivity contribution in [2.75, 3.05) is 0 Å². The molecule has 0 atom stereocenters. The average molecular weight is 1030 g/mol. The molecule has 0 amide bonds. The summed E-state index contributed by atoms with van der Waals surface area (Å²) in [5, 5.41) is 12.2. The summed E-state index contributed by atoms with van der Waals surface area (Å²) in [6.45, 7) is 0. The highest BCUT2D eigenvalue weighted by Gasteiger charge is 2.46. The van der Waals surface area contributed by atoms with Gasteiger partial charge in [0.25, 0.3) is 0 Å². The van der Waals surface area contributed by atoms with Crippen molar-refractivity contribution in [2.45, 2.75) is 5.41 Å². The van der Waals surface area contributed by atoms with Crippen LogP contribution in [0.2, 0.25) is 0 Å². The molecule has 3 heterocycles. The van der Waals surface area contributed by atoms with Crippen molar-refractivity contribution in [3.63, 3.8) is 0 Å². The Morgan fingerprint density at radius 2 is 0.704 bits per heavy atom. The molecule has 17 rings (SSSR count). The van der Waals surface area contributed by atoms with Crippen molar-refractivity contribution in [2.24, 2.45) is 0 Å². The zero-order chi connectivity index (χ0) is 53.2. The summed E-state index contributed by atoms with van der Waals surface area (Å²) < 4.78 is 4.73. The third-order valence-electron chi connectivity index (χ3n) is 17.2. The van der Waals surface area contributed by atoms with E-state index in [1.165, 1.54) is 76.6 Å². The molecule has 0 unspecified atom stereocenters. The molecule has 1 aliphatic rings. The van der Waals surface area contributed by atoms with E-state index in [9.17, 15) is 0 Å². The fourth-order valence-electron chi connectivity index (χ4n) is 13.8. The minimum atomic E-state index is -0.591. The number of hydrogen-bond acceptors (Lipinski definition) is 3. The monoisotopic (exact) mass is 1030 g/mol. The number of nitrogens with zero attached hydrogens (tertiary/aromatic N) is 5.